The minimum atomic E-state index is 0.402. The third-order valence-electron chi connectivity index (χ3n) is 2.58. The van der Waals surface area contributed by atoms with Gasteiger partial charge in [-0.3, -0.25) is 0 Å². The zero-order valence-electron chi connectivity index (χ0n) is 10.5. The van der Waals surface area contributed by atoms with Gasteiger partial charge in [-0.15, -0.1) is 0 Å². The van der Waals surface area contributed by atoms with Gasteiger partial charge in [0.2, 0.25) is 0 Å². The third kappa shape index (κ3) is 3.57. The molecule has 0 atom stereocenters. The van der Waals surface area contributed by atoms with E-state index in [1.165, 1.54) is 0 Å². The molecule has 0 aliphatic rings. The molecule has 2 aromatic carbocycles. The van der Waals surface area contributed by atoms with Gasteiger partial charge in [0.1, 0.15) is 0 Å². The van der Waals surface area contributed by atoms with E-state index in [1.54, 1.807) is 43.3 Å². The van der Waals surface area contributed by atoms with Crippen molar-refractivity contribution in [2.45, 2.75) is 6.92 Å². The van der Waals surface area contributed by atoms with Crippen molar-refractivity contribution in [1.82, 2.24) is 0 Å². The molecular weight excluding hydrogens is 319 g/mol. The first-order valence-corrected chi connectivity index (χ1v) is 6.83. The Hall–Kier alpha value is -1.42. The van der Waals surface area contributed by atoms with Crippen molar-refractivity contribution in [2.75, 3.05) is 5.73 Å². The Balaban J connectivity index is 2.22. The van der Waals surface area contributed by atoms with E-state index in [2.05, 4.69) is 5.16 Å². The van der Waals surface area contributed by atoms with Crippen molar-refractivity contribution in [3.63, 3.8) is 0 Å². The fraction of sp³-hybridized carbons (Fsp3) is 0.0714. The van der Waals surface area contributed by atoms with Gasteiger partial charge in [0, 0.05) is 22.3 Å². The summed E-state index contributed by atoms with van der Waals surface area (Å²) in [5.41, 5.74) is 7.77. The molecule has 0 amide bonds. The van der Waals surface area contributed by atoms with Gasteiger partial charge in [-0.25, -0.2) is 0 Å². The van der Waals surface area contributed by atoms with Gasteiger partial charge in [0.05, 0.1) is 15.8 Å². The summed E-state index contributed by atoms with van der Waals surface area (Å²) in [6.07, 6.45) is 0. The van der Waals surface area contributed by atoms with E-state index >= 15 is 0 Å². The molecule has 0 heterocycles. The topological polar surface area (TPSA) is 47.6 Å². The quantitative estimate of drug-likeness (QED) is 0.487. The molecule has 0 bridgehead atoms. The molecule has 2 N–H and O–H groups in total. The second-order valence-electron chi connectivity index (χ2n) is 4.08. The average molecular weight is 330 g/mol. The summed E-state index contributed by atoms with van der Waals surface area (Å²) in [6, 6.07) is 10.1. The normalized spacial score (nSPS) is 11.5. The fourth-order valence-corrected chi connectivity index (χ4v) is 2.01. The molecule has 2 rings (SSSR count). The van der Waals surface area contributed by atoms with E-state index in [4.69, 9.17) is 45.4 Å². The van der Waals surface area contributed by atoms with Crippen LogP contribution in [0.3, 0.4) is 0 Å². The lowest BCUT2D eigenvalue weighted by Gasteiger charge is -2.06. The van der Waals surface area contributed by atoms with Crippen LogP contribution in [0.25, 0.3) is 0 Å². The van der Waals surface area contributed by atoms with Crippen molar-refractivity contribution in [1.29, 1.82) is 0 Å². The Morgan fingerprint density at radius 2 is 1.80 bits per heavy atom. The van der Waals surface area contributed by atoms with Gasteiger partial charge >= 0.3 is 0 Å². The van der Waals surface area contributed by atoms with E-state index in [0.29, 0.717) is 32.2 Å². The summed E-state index contributed by atoms with van der Waals surface area (Å²) in [7, 11) is 0. The summed E-state index contributed by atoms with van der Waals surface area (Å²) < 4.78 is 0. The number of nitrogens with zero attached hydrogens (tertiary/aromatic N) is 1. The number of nitrogen functional groups attached to an aromatic ring is 1. The number of oxime groups is 1. The van der Waals surface area contributed by atoms with Crippen LogP contribution < -0.4 is 10.6 Å². The monoisotopic (exact) mass is 328 g/mol. The van der Waals surface area contributed by atoms with Crippen LogP contribution in [-0.2, 0) is 0 Å². The van der Waals surface area contributed by atoms with Crippen molar-refractivity contribution in [2.24, 2.45) is 5.16 Å². The summed E-state index contributed by atoms with van der Waals surface area (Å²) in [5.74, 6) is 0.486. The molecule has 0 fully saturated rings. The molecule has 0 aliphatic carbocycles. The number of halogens is 3. The van der Waals surface area contributed by atoms with E-state index < -0.39 is 0 Å². The molecule has 0 spiro atoms. The van der Waals surface area contributed by atoms with Crippen molar-refractivity contribution in [3.05, 3.63) is 57.0 Å². The largest absolute Gasteiger partial charge is 0.398 e. The highest BCUT2D eigenvalue weighted by atomic mass is 35.5. The summed E-state index contributed by atoms with van der Waals surface area (Å²) in [5, 5.41) is 5.45. The van der Waals surface area contributed by atoms with Crippen LogP contribution in [0.2, 0.25) is 15.1 Å². The van der Waals surface area contributed by atoms with Crippen LogP contribution in [0, 0.1) is 0 Å². The molecule has 0 aliphatic heterocycles. The third-order valence-corrected chi connectivity index (χ3v) is 3.56. The van der Waals surface area contributed by atoms with Crippen molar-refractivity contribution >= 4 is 46.2 Å². The van der Waals surface area contributed by atoms with Gasteiger partial charge in [-0.1, -0.05) is 40.0 Å². The Morgan fingerprint density at radius 1 is 1.05 bits per heavy atom. The van der Waals surface area contributed by atoms with Crippen molar-refractivity contribution < 1.29 is 4.84 Å². The first kappa shape index (κ1) is 15.0. The smallest absolute Gasteiger partial charge is 0.159 e. The summed E-state index contributed by atoms with van der Waals surface area (Å²) in [6.45, 7) is 1.78. The Bertz CT molecular complexity index is 671. The molecule has 0 aromatic heterocycles. The van der Waals surface area contributed by atoms with Gasteiger partial charge in [-0.2, -0.15) is 0 Å². The highest BCUT2D eigenvalue weighted by Crippen LogP contribution is 2.26. The van der Waals surface area contributed by atoms with Crippen LogP contribution in [0.15, 0.2) is 41.6 Å². The first-order valence-electron chi connectivity index (χ1n) is 5.69. The molecule has 2 aromatic rings. The summed E-state index contributed by atoms with van der Waals surface area (Å²) in [4.78, 5) is 5.30. The fourth-order valence-electron chi connectivity index (χ4n) is 1.55. The van der Waals surface area contributed by atoms with Gasteiger partial charge in [0.25, 0.3) is 0 Å². The minimum Gasteiger partial charge on any atom is -0.398 e. The van der Waals surface area contributed by atoms with Crippen LogP contribution in [0.5, 0.6) is 5.75 Å². The standard InChI is InChI=1S/C14H11Cl3N2O/c1-8(11-6-9(15)2-5-14(11)18)19-20-10-3-4-12(16)13(17)7-10/h2-7H,18H2,1H3/b19-8+. The van der Waals surface area contributed by atoms with Crippen LogP contribution in [-0.4, -0.2) is 5.71 Å². The average Bonchev–Trinajstić information content (AvgIpc) is 2.42. The van der Waals surface area contributed by atoms with Crippen LogP contribution in [0.4, 0.5) is 5.69 Å². The minimum absolute atomic E-state index is 0.402. The maximum atomic E-state index is 5.93. The zero-order chi connectivity index (χ0) is 14.7. The molecule has 6 heteroatoms. The Kier molecular flexibility index (Phi) is 4.76. The molecule has 3 nitrogen and oxygen atoms in total. The highest BCUT2D eigenvalue weighted by molar-refractivity contribution is 6.42. The molecule has 0 saturated carbocycles. The van der Waals surface area contributed by atoms with E-state index in [1.807, 2.05) is 0 Å². The van der Waals surface area contributed by atoms with E-state index in [-0.39, 0.29) is 0 Å². The van der Waals surface area contributed by atoms with E-state index in [0.717, 1.165) is 5.56 Å². The van der Waals surface area contributed by atoms with Crippen molar-refractivity contribution in [3.8, 4) is 5.75 Å². The first-order chi connectivity index (χ1) is 9.47. The Morgan fingerprint density at radius 3 is 2.50 bits per heavy atom. The van der Waals surface area contributed by atoms with Gasteiger partial charge in [0.15, 0.2) is 5.75 Å². The SMILES string of the molecule is C/C(=N\Oc1ccc(Cl)c(Cl)c1)c1cc(Cl)ccc1N. The number of rotatable bonds is 3. The predicted molar refractivity (Wildman–Crippen MR) is 85.2 cm³/mol. The zero-order valence-corrected chi connectivity index (χ0v) is 12.8. The number of hydrogen-bond donors (Lipinski definition) is 1. The Labute approximate surface area is 131 Å². The second-order valence-corrected chi connectivity index (χ2v) is 5.33. The van der Waals surface area contributed by atoms with Gasteiger partial charge in [-0.05, 0) is 37.3 Å². The molecule has 104 valence electrons. The van der Waals surface area contributed by atoms with Crippen LogP contribution in [0.1, 0.15) is 12.5 Å². The molecule has 0 saturated heterocycles. The second kappa shape index (κ2) is 6.35. The number of hydrogen-bond acceptors (Lipinski definition) is 3. The predicted octanol–water partition coefficient (Wildman–Crippen LogP) is 5.03. The van der Waals surface area contributed by atoms with Gasteiger partial charge < -0.3 is 10.6 Å². The van der Waals surface area contributed by atoms with E-state index in [9.17, 15) is 0 Å². The number of nitrogens with two attached hydrogens (primary N) is 1. The number of benzene rings is 2. The maximum Gasteiger partial charge on any atom is 0.159 e. The maximum absolute atomic E-state index is 5.93. The lowest BCUT2D eigenvalue weighted by atomic mass is 10.1. The molecule has 0 unspecified atom stereocenters. The highest BCUT2D eigenvalue weighted by Gasteiger charge is 2.05. The molecule has 0 radical (unpaired) electrons. The lowest BCUT2D eigenvalue weighted by molar-refractivity contribution is 0.341. The molecule has 20 heavy (non-hydrogen) atoms. The number of anilines is 1. The summed E-state index contributed by atoms with van der Waals surface area (Å²) >= 11 is 17.7. The van der Waals surface area contributed by atoms with Crippen LogP contribution >= 0.6 is 34.8 Å². The molecular formula is C14H11Cl3N2O. The lowest BCUT2D eigenvalue weighted by Crippen LogP contribution is -2.02.